The van der Waals surface area contributed by atoms with Crippen LogP contribution in [0, 0.1) is 0 Å². The molecule has 1 unspecified atom stereocenters. The zero-order valence-corrected chi connectivity index (χ0v) is 11.1. The second-order valence-electron chi connectivity index (χ2n) is 3.49. The summed E-state index contributed by atoms with van der Waals surface area (Å²) in [7, 11) is -2.34. The first-order chi connectivity index (χ1) is 8.01. The van der Waals surface area contributed by atoms with Crippen LogP contribution in [0.3, 0.4) is 0 Å². The fraction of sp³-hybridized carbons (Fsp3) is 0.417. The summed E-state index contributed by atoms with van der Waals surface area (Å²) in [6, 6.07) is 6.55. The van der Waals surface area contributed by atoms with Crippen LogP contribution >= 0.6 is 0 Å². The first-order valence-electron chi connectivity index (χ1n) is 5.46. The molecule has 94 valence electrons. The van der Waals surface area contributed by atoms with Gasteiger partial charge in [0.05, 0.1) is 21.9 Å². The smallest absolute Gasteiger partial charge is 0.338 e. The second kappa shape index (κ2) is 5.82. The van der Waals surface area contributed by atoms with E-state index < -0.39 is 9.73 Å². The van der Waals surface area contributed by atoms with Crippen molar-refractivity contribution >= 4 is 15.7 Å². The zero-order chi connectivity index (χ0) is 12.9. The van der Waals surface area contributed by atoms with E-state index in [4.69, 9.17) is 4.74 Å². The Morgan fingerprint density at radius 3 is 2.35 bits per heavy atom. The first kappa shape index (κ1) is 13.7. The van der Waals surface area contributed by atoms with Crippen molar-refractivity contribution in [2.75, 3.05) is 19.4 Å². The Bertz CT molecular complexity index is 499. The van der Waals surface area contributed by atoms with Crippen LogP contribution in [-0.2, 0) is 14.5 Å². The normalized spacial score (nSPS) is 13.8. The minimum absolute atomic E-state index is 0.344. The van der Waals surface area contributed by atoms with Crippen molar-refractivity contribution in [3.8, 4) is 0 Å². The molecule has 0 aliphatic carbocycles. The Balaban J connectivity index is 3.00. The topological polar surface area (TPSA) is 55.7 Å². The SMILES string of the molecule is CCN=S(C)(=O)c1ccc(C(=O)OCC)cc1. The quantitative estimate of drug-likeness (QED) is 0.776. The van der Waals surface area contributed by atoms with Gasteiger partial charge in [-0.1, -0.05) is 0 Å². The van der Waals surface area contributed by atoms with Crippen LogP contribution in [0.25, 0.3) is 0 Å². The average molecular weight is 255 g/mol. The number of hydrogen-bond donors (Lipinski definition) is 0. The van der Waals surface area contributed by atoms with Gasteiger partial charge in [-0.05, 0) is 38.1 Å². The van der Waals surface area contributed by atoms with Gasteiger partial charge < -0.3 is 4.74 Å². The summed E-state index contributed by atoms with van der Waals surface area (Å²) in [5.74, 6) is -0.367. The maximum Gasteiger partial charge on any atom is 0.338 e. The standard InChI is InChI=1S/C12H17NO3S/c1-4-13-17(3,15)11-8-6-10(7-9-11)12(14)16-5-2/h6-9H,4-5H2,1-3H3. The van der Waals surface area contributed by atoms with Crippen molar-refractivity contribution in [1.82, 2.24) is 0 Å². The average Bonchev–Trinajstić information content (AvgIpc) is 2.29. The molecule has 4 nitrogen and oxygen atoms in total. The van der Waals surface area contributed by atoms with Crippen LogP contribution in [0.4, 0.5) is 0 Å². The molecule has 5 heteroatoms. The summed E-state index contributed by atoms with van der Waals surface area (Å²) >= 11 is 0. The van der Waals surface area contributed by atoms with Gasteiger partial charge in [-0.2, -0.15) is 0 Å². The van der Waals surface area contributed by atoms with Crippen molar-refractivity contribution in [2.45, 2.75) is 18.7 Å². The van der Waals surface area contributed by atoms with E-state index in [1.807, 2.05) is 6.92 Å². The predicted molar refractivity (Wildman–Crippen MR) is 67.7 cm³/mol. The number of carbonyl (C=O) groups excluding carboxylic acids is 1. The summed E-state index contributed by atoms with van der Waals surface area (Å²) in [4.78, 5) is 12.0. The number of hydrogen-bond acceptors (Lipinski definition) is 4. The van der Waals surface area contributed by atoms with Crippen molar-refractivity contribution in [1.29, 1.82) is 0 Å². The second-order valence-corrected chi connectivity index (χ2v) is 5.83. The van der Waals surface area contributed by atoms with Gasteiger partial charge in [0.2, 0.25) is 0 Å². The molecule has 17 heavy (non-hydrogen) atoms. The van der Waals surface area contributed by atoms with E-state index in [1.165, 1.54) is 0 Å². The van der Waals surface area contributed by atoms with Gasteiger partial charge in [0.25, 0.3) is 0 Å². The molecule has 0 amide bonds. The van der Waals surface area contributed by atoms with Crippen LogP contribution in [0.2, 0.25) is 0 Å². The van der Waals surface area contributed by atoms with E-state index in [9.17, 15) is 9.00 Å². The number of esters is 1. The van der Waals surface area contributed by atoms with Crippen LogP contribution in [0.1, 0.15) is 24.2 Å². The van der Waals surface area contributed by atoms with Crippen LogP contribution < -0.4 is 0 Å². The molecule has 1 atom stereocenters. The summed E-state index contributed by atoms with van der Waals surface area (Å²) < 4.78 is 21.0. The molecule has 1 aromatic carbocycles. The van der Waals surface area contributed by atoms with Gasteiger partial charge in [-0.15, -0.1) is 0 Å². The number of carbonyl (C=O) groups is 1. The highest BCUT2D eigenvalue weighted by molar-refractivity contribution is 7.93. The first-order valence-corrected chi connectivity index (χ1v) is 7.38. The van der Waals surface area contributed by atoms with Crippen molar-refractivity contribution in [3.05, 3.63) is 29.8 Å². The number of ether oxygens (including phenoxy) is 1. The minimum Gasteiger partial charge on any atom is -0.462 e. The van der Waals surface area contributed by atoms with E-state index in [2.05, 4.69) is 4.36 Å². The highest BCUT2D eigenvalue weighted by Crippen LogP contribution is 2.13. The maximum atomic E-state index is 12.1. The Hall–Kier alpha value is -1.36. The highest BCUT2D eigenvalue weighted by atomic mass is 32.2. The molecule has 1 aromatic rings. The third kappa shape index (κ3) is 3.56. The molecule has 0 aromatic heterocycles. The van der Waals surface area contributed by atoms with E-state index in [0.717, 1.165) is 0 Å². The van der Waals surface area contributed by atoms with Gasteiger partial charge in [-0.25, -0.2) is 13.4 Å². The molecule has 0 radical (unpaired) electrons. The number of nitrogens with zero attached hydrogens (tertiary/aromatic N) is 1. The van der Waals surface area contributed by atoms with E-state index in [0.29, 0.717) is 23.6 Å². The fourth-order valence-corrected chi connectivity index (χ4v) is 2.66. The lowest BCUT2D eigenvalue weighted by Crippen LogP contribution is -2.05. The molecule has 0 saturated heterocycles. The predicted octanol–water partition coefficient (Wildman–Crippen LogP) is 2.34. The molecular weight excluding hydrogens is 238 g/mol. The lowest BCUT2D eigenvalue weighted by molar-refractivity contribution is 0.0526. The minimum atomic E-state index is -2.34. The molecule has 0 saturated carbocycles. The van der Waals surface area contributed by atoms with Gasteiger partial charge in [0, 0.05) is 17.7 Å². The van der Waals surface area contributed by atoms with Crippen LogP contribution in [0.5, 0.6) is 0 Å². The van der Waals surface area contributed by atoms with E-state index >= 15 is 0 Å². The molecule has 0 bridgehead atoms. The van der Waals surface area contributed by atoms with E-state index in [1.54, 1.807) is 37.4 Å². The van der Waals surface area contributed by atoms with Crippen molar-refractivity contribution in [2.24, 2.45) is 4.36 Å². The molecule has 0 aliphatic rings. The molecule has 0 fully saturated rings. The molecule has 1 rings (SSSR count). The van der Waals surface area contributed by atoms with Crippen LogP contribution in [0.15, 0.2) is 33.5 Å². The molecule has 0 N–H and O–H groups in total. The largest absolute Gasteiger partial charge is 0.462 e. The Kier molecular flexibility index (Phi) is 4.69. The molecule has 0 spiro atoms. The zero-order valence-electron chi connectivity index (χ0n) is 10.3. The molecular formula is C12H17NO3S. The van der Waals surface area contributed by atoms with Crippen LogP contribution in [-0.4, -0.2) is 29.6 Å². The monoisotopic (exact) mass is 255 g/mol. The lowest BCUT2D eigenvalue weighted by Gasteiger charge is -2.05. The maximum absolute atomic E-state index is 12.1. The van der Waals surface area contributed by atoms with Gasteiger partial charge in [0.1, 0.15) is 0 Å². The van der Waals surface area contributed by atoms with Crippen molar-refractivity contribution in [3.63, 3.8) is 0 Å². The van der Waals surface area contributed by atoms with Crippen molar-refractivity contribution < 1.29 is 13.7 Å². The summed E-state index contributed by atoms with van der Waals surface area (Å²) in [6.07, 6.45) is 1.59. The van der Waals surface area contributed by atoms with E-state index in [-0.39, 0.29) is 5.97 Å². The lowest BCUT2D eigenvalue weighted by atomic mass is 10.2. The third-order valence-corrected chi connectivity index (χ3v) is 4.08. The number of benzene rings is 1. The fourth-order valence-electron chi connectivity index (χ4n) is 1.38. The Morgan fingerprint density at radius 2 is 1.88 bits per heavy atom. The van der Waals surface area contributed by atoms with Gasteiger partial charge in [0.15, 0.2) is 0 Å². The molecule has 0 aliphatic heterocycles. The highest BCUT2D eigenvalue weighted by Gasteiger charge is 2.09. The third-order valence-electron chi connectivity index (χ3n) is 2.18. The summed E-state index contributed by atoms with van der Waals surface area (Å²) in [5, 5.41) is 0. The Labute approximate surface area is 102 Å². The number of rotatable bonds is 4. The summed E-state index contributed by atoms with van der Waals surface area (Å²) in [5.41, 5.74) is 0.460. The Morgan fingerprint density at radius 1 is 1.29 bits per heavy atom. The molecule has 0 heterocycles. The summed E-state index contributed by atoms with van der Waals surface area (Å²) in [6.45, 7) is 4.45. The van der Waals surface area contributed by atoms with Gasteiger partial charge in [-0.3, -0.25) is 0 Å². The van der Waals surface area contributed by atoms with Gasteiger partial charge >= 0.3 is 5.97 Å².